The molecule has 4 rings (SSSR count). The van der Waals surface area contributed by atoms with E-state index in [0.717, 1.165) is 28.1 Å². The fraction of sp³-hybridized carbons (Fsp3) is 0.294. The molecule has 0 aliphatic carbocycles. The molecular formula is C17H15F2NO4S. The monoisotopic (exact) mass is 367 g/mol. The fourth-order valence-electron chi connectivity index (χ4n) is 3.24. The lowest BCUT2D eigenvalue weighted by Crippen LogP contribution is -2.30. The van der Waals surface area contributed by atoms with Gasteiger partial charge in [0.25, 0.3) is 0 Å². The summed E-state index contributed by atoms with van der Waals surface area (Å²) in [5.74, 6) is -0.948. The Morgan fingerprint density at radius 2 is 1.76 bits per heavy atom. The number of benzene rings is 2. The maximum absolute atomic E-state index is 13.9. The molecule has 0 bridgehead atoms. The van der Waals surface area contributed by atoms with Gasteiger partial charge in [0.15, 0.2) is 16.4 Å². The minimum Gasteiger partial charge on any atom is -0.454 e. The van der Waals surface area contributed by atoms with E-state index in [4.69, 9.17) is 9.47 Å². The van der Waals surface area contributed by atoms with Crippen LogP contribution in [-0.4, -0.2) is 32.6 Å². The van der Waals surface area contributed by atoms with Crippen LogP contribution in [0, 0.1) is 11.6 Å². The molecule has 2 aliphatic heterocycles. The van der Waals surface area contributed by atoms with Crippen LogP contribution in [0.25, 0.3) is 0 Å². The maximum atomic E-state index is 13.9. The van der Waals surface area contributed by atoms with Crippen LogP contribution in [-0.2, 0) is 10.0 Å². The molecule has 5 nitrogen and oxygen atoms in total. The highest BCUT2D eigenvalue weighted by Gasteiger charge is 2.36. The van der Waals surface area contributed by atoms with Gasteiger partial charge in [-0.2, -0.15) is 4.31 Å². The molecule has 1 atom stereocenters. The Hall–Kier alpha value is -2.19. The summed E-state index contributed by atoms with van der Waals surface area (Å²) in [5, 5.41) is 0. The number of ether oxygens (including phenoxy) is 2. The van der Waals surface area contributed by atoms with Gasteiger partial charge in [0.2, 0.25) is 16.8 Å². The Morgan fingerprint density at radius 3 is 2.52 bits per heavy atom. The zero-order chi connectivity index (χ0) is 17.6. The van der Waals surface area contributed by atoms with E-state index in [1.54, 1.807) is 6.07 Å². The summed E-state index contributed by atoms with van der Waals surface area (Å²) >= 11 is 0. The van der Waals surface area contributed by atoms with Crippen LogP contribution >= 0.6 is 0 Å². The standard InChI is InChI=1S/C17H15F2NO4S/c18-13-2-1-3-14(19)17(13)25(21,22)20-7-6-12(9-20)11-4-5-15-16(8-11)24-10-23-15/h1-5,8,12H,6-7,9-10H2/t12-/m0/s1. The Bertz CT molecular complexity index is 912. The Kier molecular flexibility index (Phi) is 3.88. The lowest BCUT2D eigenvalue weighted by molar-refractivity contribution is 0.174. The summed E-state index contributed by atoms with van der Waals surface area (Å²) in [6, 6.07) is 8.50. The fourth-order valence-corrected chi connectivity index (χ4v) is 4.85. The van der Waals surface area contributed by atoms with Gasteiger partial charge in [-0.25, -0.2) is 17.2 Å². The lowest BCUT2D eigenvalue weighted by atomic mass is 9.98. The predicted octanol–water partition coefficient (Wildman–Crippen LogP) is 2.87. The van der Waals surface area contributed by atoms with Gasteiger partial charge in [0.1, 0.15) is 11.6 Å². The van der Waals surface area contributed by atoms with E-state index in [1.807, 2.05) is 12.1 Å². The minimum absolute atomic E-state index is 0.0703. The molecule has 2 aromatic carbocycles. The first kappa shape index (κ1) is 16.3. The van der Waals surface area contributed by atoms with Gasteiger partial charge in [0, 0.05) is 13.1 Å². The van der Waals surface area contributed by atoms with E-state index >= 15 is 0 Å². The van der Waals surface area contributed by atoms with E-state index in [0.29, 0.717) is 17.9 Å². The van der Waals surface area contributed by atoms with Crippen molar-refractivity contribution in [2.75, 3.05) is 19.9 Å². The first-order valence-electron chi connectivity index (χ1n) is 7.80. The quantitative estimate of drug-likeness (QED) is 0.837. The second-order valence-electron chi connectivity index (χ2n) is 6.01. The average Bonchev–Trinajstić information content (AvgIpc) is 3.23. The van der Waals surface area contributed by atoms with Gasteiger partial charge in [-0.15, -0.1) is 0 Å². The number of nitrogens with zero attached hydrogens (tertiary/aromatic N) is 1. The van der Waals surface area contributed by atoms with Crippen molar-refractivity contribution >= 4 is 10.0 Å². The molecule has 0 amide bonds. The maximum Gasteiger partial charge on any atom is 0.248 e. The highest BCUT2D eigenvalue weighted by atomic mass is 32.2. The van der Waals surface area contributed by atoms with Crippen molar-refractivity contribution < 1.29 is 26.7 Å². The van der Waals surface area contributed by atoms with Crippen molar-refractivity contribution in [3.63, 3.8) is 0 Å². The summed E-state index contributed by atoms with van der Waals surface area (Å²) < 4.78 is 64.8. The normalized spacial score (nSPS) is 20.2. The predicted molar refractivity (Wildman–Crippen MR) is 85.0 cm³/mol. The third-order valence-corrected chi connectivity index (χ3v) is 6.45. The second-order valence-corrected chi connectivity index (χ2v) is 7.89. The first-order valence-corrected chi connectivity index (χ1v) is 9.24. The first-order chi connectivity index (χ1) is 12.0. The Morgan fingerprint density at radius 1 is 1.04 bits per heavy atom. The summed E-state index contributed by atoms with van der Waals surface area (Å²) in [6.45, 7) is 0.529. The molecule has 0 saturated carbocycles. The largest absolute Gasteiger partial charge is 0.454 e. The minimum atomic E-state index is -4.23. The SMILES string of the molecule is O=S(=O)(c1c(F)cccc1F)N1CC[C@H](c2ccc3c(c2)OCO3)C1. The van der Waals surface area contributed by atoms with Crippen molar-refractivity contribution in [3.05, 3.63) is 53.6 Å². The average molecular weight is 367 g/mol. The van der Waals surface area contributed by atoms with Crippen LogP contribution in [0.2, 0.25) is 0 Å². The van der Waals surface area contributed by atoms with Gasteiger partial charge in [-0.1, -0.05) is 12.1 Å². The third-order valence-electron chi connectivity index (χ3n) is 4.54. The van der Waals surface area contributed by atoms with Gasteiger partial charge in [-0.3, -0.25) is 0 Å². The molecule has 0 unspecified atom stereocenters. The molecule has 8 heteroatoms. The molecule has 2 aliphatic rings. The van der Waals surface area contributed by atoms with E-state index in [9.17, 15) is 17.2 Å². The number of fused-ring (bicyclic) bond motifs is 1. The summed E-state index contributed by atoms with van der Waals surface area (Å²) in [5.41, 5.74) is 0.913. The van der Waals surface area contributed by atoms with Crippen molar-refractivity contribution in [3.8, 4) is 11.5 Å². The molecule has 0 N–H and O–H groups in total. The zero-order valence-corrected chi connectivity index (χ0v) is 13.9. The van der Waals surface area contributed by atoms with Crippen molar-refractivity contribution in [1.82, 2.24) is 4.31 Å². The highest BCUT2D eigenvalue weighted by Crippen LogP contribution is 2.38. The zero-order valence-electron chi connectivity index (χ0n) is 13.1. The van der Waals surface area contributed by atoms with E-state index in [1.165, 1.54) is 0 Å². The number of halogens is 2. The molecule has 2 heterocycles. The topological polar surface area (TPSA) is 55.8 Å². The van der Waals surface area contributed by atoms with Gasteiger partial charge in [0.05, 0.1) is 0 Å². The second kappa shape index (κ2) is 5.96. The number of hydrogen-bond donors (Lipinski definition) is 0. The number of hydrogen-bond acceptors (Lipinski definition) is 4. The molecule has 25 heavy (non-hydrogen) atoms. The van der Waals surface area contributed by atoms with Crippen molar-refractivity contribution in [1.29, 1.82) is 0 Å². The third kappa shape index (κ3) is 2.75. The van der Waals surface area contributed by atoms with Crippen LogP contribution in [0.1, 0.15) is 17.9 Å². The molecule has 0 aromatic heterocycles. The van der Waals surface area contributed by atoms with Gasteiger partial charge >= 0.3 is 0 Å². The van der Waals surface area contributed by atoms with E-state index in [-0.39, 0.29) is 25.8 Å². The Balaban J connectivity index is 1.60. The smallest absolute Gasteiger partial charge is 0.248 e. The van der Waals surface area contributed by atoms with Gasteiger partial charge < -0.3 is 9.47 Å². The molecule has 0 spiro atoms. The van der Waals surface area contributed by atoms with Crippen molar-refractivity contribution in [2.45, 2.75) is 17.2 Å². The van der Waals surface area contributed by atoms with Gasteiger partial charge in [-0.05, 0) is 42.2 Å². The van der Waals surface area contributed by atoms with Crippen LogP contribution < -0.4 is 9.47 Å². The summed E-state index contributed by atoms with van der Waals surface area (Å²) in [7, 11) is -4.23. The van der Waals surface area contributed by atoms with E-state index < -0.39 is 26.6 Å². The molecule has 1 saturated heterocycles. The van der Waals surface area contributed by atoms with Crippen molar-refractivity contribution in [2.24, 2.45) is 0 Å². The lowest BCUT2D eigenvalue weighted by Gasteiger charge is -2.17. The number of sulfonamides is 1. The van der Waals surface area contributed by atoms with Crippen LogP contribution in [0.15, 0.2) is 41.3 Å². The summed E-state index contributed by atoms with van der Waals surface area (Å²) in [6.07, 6.45) is 0.564. The Labute approximate surface area is 143 Å². The number of rotatable bonds is 3. The highest BCUT2D eigenvalue weighted by molar-refractivity contribution is 7.89. The van der Waals surface area contributed by atoms with E-state index in [2.05, 4.69) is 0 Å². The summed E-state index contributed by atoms with van der Waals surface area (Å²) in [4.78, 5) is -0.888. The van der Waals surface area contributed by atoms with Crippen LogP contribution in [0.5, 0.6) is 11.5 Å². The molecule has 0 radical (unpaired) electrons. The molecular weight excluding hydrogens is 352 g/mol. The molecule has 1 fully saturated rings. The van der Waals surface area contributed by atoms with Crippen LogP contribution in [0.3, 0.4) is 0 Å². The molecule has 2 aromatic rings. The van der Waals surface area contributed by atoms with Crippen LogP contribution in [0.4, 0.5) is 8.78 Å². The molecule has 132 valence electrons.